The number of hydrogen-bond donors (Lipinski definition) is 1. The Morgan fingerprint density at radius 1 is 0.968 bits per heavy atom. The van der Waals surface area contributed by atoms with Crippen LogP contribution in [-0.4, -0.2) is 36.7 Å². The molecule has 0 spiro atoms. The number of ether oxygens (including phenoxy) is 1. The van der Waals surface area contributed by atoms with Crippen LogP contribution in [0.25, 0.3) is 0 Å². The molecule has 9 heteroatoms. The van der Waals surface area contributed by atoms with Crippen LogP contribution in [0.5, 0.6) is 0 Å². The summed E-state index contributed by atoms with van der Waals surface area (Å²) in [7, 11) is 0. The summed E-state index contributed by atoms with van der Waals surface area (Å²) in [6.07, 6.45) is 3.00. The van der Waals surface area contributed by atoms with Gasteiger partial charge in [-0.1, -0.05) is 0 Å². The van der Waals surface area contributed by atoms with Crippen molar-refractivity contribution in [3.63, 3.8) is 0 Å². The number of aryl methyl sites for hydroxylation is 2. The first kappa shape index (κ1) is 22.2. The molecule has 2 aromatic rings. The Balaban J connectivity index is 1.52. The minimum Gasteiger partial charge on any atom is -0.385 e. The van der Waals surface area contributed by atoms with Gasteiger partial charge in [-0.15, -0.1) is 11.6 Å². The summed E-state index contributed by atoms with van der Waals surface area (Å²) in [6.45, 7) is 5.20. The highest BCUT2D eigenvalue weighted by Crippen LogP contribution is 2.27. The molecule has 2 atom stereocenters. The van der Waals surface area contributed by atoms with Gasteiger partial charge in [0.05, 0.1) is 6.61 Å². The van der Waals surface area contributed by atoms with Gasteiger partial charge in [0, 0.05) is 47.9 Å². The highest BCUT2D eigenvalue weighted by molar-refractivity contribution is 6.17. The number of alkyl halides is 1. The predicted molar refractivity (Wildman–Crippen MR) is 117 cm³/mol. The maximum absolute atomic E-state index is 12.9. The van der Waals surface area contributed by atoms with E-state index in [1.807, 2.05) is 6.92 Å². The third-order valence-corrected chi connectivity index (χ3v) is 6.50. The van der Waals surface area contributed by atoms with Crippen molar-refractivity contribution in [2.24, 2.45) is 0 Å². The van der Waals surface area contributed by atoms with E-state index >= 15 is 0 Å². The van der Waals surface area contributed by atoms with Crippen LogP contribution < -0.4 is 11.1 Å². The van der Waals surface area contributed by atoms with E-state index in [0.29, 0.717) is 79.0 Å². The maximum atomic E-state index is 12.9. The zero-order valence-corrected chi connectivity index (χ0v) is 18.8. The standard InChI is InChI=1S/C22H29ClN4O4/c1-13-15(7-9-23)21(29)27-11-4-6-18(20(27)25-13)31-12-8-16-14(2)24-19-17(28)5-3-10-26(19)22(16)30/h17-18,28H,3-12H2,1-2H3. The maximum Gasteiger partial charge on any atom is 0.257 e. The summed E-state index contributed by atoms with van der Waals surface area (Å²) in [4.78, 5) is 35.0. The SMILES string of the molecule is Cc1nc2n(c(=O)c1CCOC1CCCn3c1nc(C)c(CCCl)c3=O)CCCC2O. The summed E-state index contributed by atoms with van der Waals surface area (Å²) in [5.41, 5.74) is 2.52. The molecule has 2 unspecified atom stereocenters. The van der Waals surface area contributed by atoms with Crippen molar-refractivity contribution < 1.29 is 9.84 Å². The number of aliphatic hydroxyl groups excluding tert-OH is 1. The quantitative estimate of drug-likeness (QED) is 0.679. The molecule has 0 aliphatic carbocycles. The van der Waals surface area contributed by atoms with Crippen molar-refractivity contribution in [1.29, 1.82) is 0 Å². The molecule has 0 radical (unpaired) electrons. The van der Waals surface area contributed by atoms with Gasteiger partial charge in [0.2, 0.25) is 0 Å². The highest BCUT2D eigenvalue weighted by atomic mass is 35.5. The molecular weight excluding hydrogens is 420 g/mol. The number of aliphatic hydroxyl groups is 1. The summed E-state index contributed by atoms with van der Waals surface area (Å²) in [5, 5.41) is 10.1. The smallest absolute Gasteiger partial charge is 0.257 e. The number of hydrogen-bond acceptors (Lipinski definition) is 6. The van der Waals surface area contributed by atoms with E-state index in [4.69, 9.17) is 16.3 Å². The zero-order chi connectivity index (χ0) is 22.1. The average Bonchev–Trinajstić information content (AvgIpc) is 2.74. The van der Waals surface area contributed by atoms with Gasteiger partial charge in [0.1, 0.15) is 23.9 Å². The molecule has 0 saturated heterocycles. The fourth-order valence-corrected chi connectivity index (χ4v) is 4.83. The van der Waals surface area contributed by atoms with Gasteiger partial charge < -0.3 is 9.84 Å². The molecule has 0 aromatic carbocycles. The first-order chi connectivity index (χ1) is 14.9. The molecule has 0 saturated carbocycles. The molecule has 2 aromatic heterocycles. The topological polar surface area (TPSA) is 99.2 Å². The van der Waals surface area contributed by atoms with Gasteiger partial charge in [-0.05, 0) is 46.0 Å². The van der Waals surface area contributed by atoms with Crippen molar-refractivity contribution in [3.05, 3.63) is 54.9 Å². The van der Waals surface area contributed by atoms with Crippen LogP contribution in [-0.2, 0) is 30.7 Å². The number of nitrogens with zero attached hydrogens (tertiary/aromatic N) is 4. The monoisotopic (exact) mass is 448 g/mol. The first-order valence-electron chi connectivity index (χ1n) is 11.0. The number of aromatic nitrogens is 4. The van der Waals surface area contributed by atoms with Crippen molar-refractivity contribution in [2.75, 3.05) is 12.5 Å². The Kier molecular flexibility index (Phi) is 6.60. The number of rotatable bonds is 6. The molecule has 168 valence electrons. The molecule has 4 rings (SSSR count). The molecule has 0 bridgehead atoms. The third-order valence-electron chi connectivity index (χ3n) is 6.31. The van der Waals surface area contributed by atoms with Gasteiger partial charge in [-0.25, -0.2) is 9.97 Å². The van der Waals surface area contributed by atoms with E-state index in [1.165, 1.54) is 0 Å². The van der Waals surface area contributed by atoms with Crippen LogP contribution in [0.4, 0.5) is 0 Å². The Bertz CT molecular complexity index is 1090. The highest BCUT2D eigenvalue weighted by Gasteiger charge is 2.27. The summed E-state index contributed by atoms with van der Waals surface area (Å²) < 4.78 is 9.43. The fourth-order valence-electron chi connectivity index (χ4n) is 4.64. The van der Waals surface area contributed by atoms with Crippen molar-refractivity contribution in [2.45, 2.75) is 77.7 Å². The average molecular weight is 449 g/mol. The van der Waals surface area contributed by atoms with Gasteiger partial charge in [-0.2, -0.15) is 0 Å². The Hall–Kier alpha value is -2.03. The van der Waals surface area contributed by atoms with Gasteiger partial charge in [0.25, 0.3) is 11.1 Å². The van der Waals surface area contributed by atoms with Gasteiger partial charge in [0.15, 0.2) is 0 Å². The van der Waals surface area contributed by atoms with Crippen molar-refractivity contribution in [3.8, 4) is 0 Å². The normalized spacial score (nSPS) is 20.4. The van der Waals surface area contributed by atoms with E-state index in [0.717, 1.165) is 19.3 Å². The van der Waals surface area contributed by atoms with Crippen LogP contribution in [0.1, 0.15) is 72.1 Å². The molecule has 2 aliphatic rings. The van der Waals surface area contributed by atoms with E-state index < -0.39 is 6.10 Å². The number of halogens is 1. The largest absolute Gasteiger partial charge is 0.385 e. The Morgan fingerprint density at radius 2 is 1.55 bits per heavy atom. The van der Waals surface area contributed by atoms with E-state index in [-0.39, 0.29) is 17.2 Å². The predicted octanol–water partition coefficient (Wildman–Crippen LogP) is 2.12. The van der Waals surface area contributed by atoms with Crippen molar-refractivity contribution >= 4 is 11.6 Å². The fraction of sp³-hybridized carbons (Fsp3) is 0.636. The second-order valence-electron chi connectivity index (χ2n) is 8.33. The molecule has 2 aliphatic heterocycles. The zero-order valence-electron chi connectivity index (χ0n) is 18.1. The minimum atomic E-state index is -0.680. The molecule has 4 heterocycles. The van der Waals surface area contributed by atoms with Gasteiger partial charge >= 0.3 is 0 Å². The van der Waals surface area contributed by atoms with Crippen LogP contribution in [0.15, 0.2) is 9.59 Å². The first-order valence-corrected chi connectivity index (χ1v) is 11.5. The lowest BCUT2D eigenvalue weighted by molar-refractivity contribution is 0.0277. The van der Waals surface area contributed by atoms with E-state index in [9.17, 15) is 14.7 Å². The summed E-state index contributed by atoms with van der Waals surface area (Å²) in [5.74, 6) is 1.51. The summed E-state index contributed by atoms with van der Waals surface area (Å²) >= 11 is 5.85. The molecule has 0 fully saturated rings. The van der Waals surface area contributed by atoms with Crippen LogP contribution in [0.3, 0.4) is 0 Å². The molecule has 31 heavy (non-hydrogen) atoms. The third kappa shape index (κ3) is 4.21. The Morgan fingerprint density at radius 3 is 2.23 bits per heavy atom. The second-order valence-corrected chi connectivity index (χ2v) is 8.71. The lowest BCUT2D eigenvalue weighted by Gasteiger charge is -2.27. The molecule has 8 nitrogen and oxygen atoms in total. The van der Waals surface area contributed by atoms with E-state index in [2.05, 4.69) is 9.97 Å². The molecular formula is C22H29ClN4O4. The lowest BCUT2D eigenvalue weighted by atomic mass is 10.1. The Labute approximate surface area is 185 Å². The molecule has 0 amide bonds. The second kappa shape index (κ2) is 9.22. The number of fused-ring (bicyclic) bond motifs is 2. The van der Waals surface area contributed by atoms with E-state index in [1.54, 1.807) is 16.1 Å². The van der Waals surface area contributed by atoms with Gasteiger partial charge in [-0.3, -0.25) is 18.7 Å². The summed E-state index contributed by atoms with van der Waals surface area (Å²) in [6, 6.07) is 0. The van der Waals surface area contributed by atoms with Crippen LogP contribution in [0, 0.1) is 13.8 Å². The minimum absolute atomic E-state index is 0.0250. The molecule has 1 N–H and O–H groups in total. The van der Waals surface area contributed by atoms with Crippen LogP contribution in [0.2, 0.25) is 0 Å². The van der Waals surface area contributed by atoms with Crippen molar-refractivity contribution in [1.82, 2.24) is 19.1 Å². The lowest BCUT2D eigenvalue weighted by Crippen LogP contribution is -2.35. The van der Waals surface area contributed by atoms with Crippen LogP contribution >= 0.6 is 11.6 Å².